The minimum absolute atomic E-state index is 0. The molecule has 6 heteroatoms. The van der Waals surface area contributed by atoms with Crippen molar-refractivity contribution in [2.45, 2.75) is 25.3 Å². The number of hydrogen-bond acceptors (Lipinski definition) is 4. The van der Waals surface area contributed by atoms with E-state index in [1.54, 1.807) is 19.4 Å². The fraction of sp³-hybridized carbons (Fsp3) is 0.333. The number of hydrogen-bond donors (Lipinski definition) is 1. The number of benzene rings is 1. The SMILES string of the molecule is COc1ccc(C2CCCN2C(=O)Cc2ccc(N)cn2)cc1.Cl. The van der Waals surface area contributed by atoms with E-state index >= 15 is 0 Å². The number of amides is 1. The van der Waals surface area contributed by atoms with Crippen LogP contribution in [-0.2, 0) is 11.2 Å². The molecular weight excluding hydrogens is 326 g/mol. The molecule has 2 heterocycles. The van der Waals surface area contributed by atoms with Crippen LogP contribution in [0.1, 0.15) is 30.1 Å². The zero-order valence-corrected chi connectivity index (χ0v) is 14.5. The van der Waals surface area contributed by atoms with E-state index in [2.05, 4.69) is 4.98 Å². The highest BCUT2D eigenvalue weighted by molar-refractivity contribution is 5.85. The van der Waals surface area contributed by atoms with Gasteiger partial charge in [0.1, 0.15) is 5.75 Å². The molecule has 1 aliphatic rings. The molecule has 0 radical (unpaired) electrons. The van der Waals surface area contributed by atoms with E-state index in [0.717, 1.165) is 36.4 Å². The second kappa shape index (κ2) is 8.02. The van der Waals surface area contributed by atoms with Crippen LogP contribution < -0.4 is 10.5 Å². The minimum atomic E-state index is 0. The molecule has 3 rings (SSSR count). The van der Waals surface area contributed by atoms with E-state index in [1.807, 2.05) is 35.2 Å². The van der Waals surface area contributed by atoms with Crippen molar-refractivity contribution in [1.82, 2.24) is 9.88 Å². The lowest BCUT2D eigenvalue weighted by atomic mass is 10.0. The maximum Gasteiger partial charge on any atom is 0.229 e. The molecule has 1 aromatic heterocycles. The Labute approximate surface area is 148 Å². The number of methoxy groups -OCH3 is 1. The van der Waals surface area contributed by atoms with Crippen molar-refractivity contribution < 1.29 is 9.53 Å². The summed E-state index contributed by atoms with van der Waals surface area (Å²) in [5, 5.41) is 0. The second-order valence-electron chi connectivity index (χ2n) is 5.78. The monoisotopic (exact) mass is 347 g/mol. The lowest BCUT2D eigenvalue weighted by Gasteiger charge is -2.25. The van der Waals surface area contributed by atoms with Crippen molar-refractivity contribution in [2.75, 3.05) is 19.4 Å². The number of nitrogens with two attached hydrogens (primary N) is 1. The molecule has 24 heavy (non-hydrogen) atoms. The van der Waals surface area contributed by atoms with Gasteiger partial charge in [-0.15, -0.1) is 12.4 Å². The van der Waals surface area contributed by atoms with E-state index in [9.17, 15) is 4.79 Å². The van der Waals surface area contributed by atoms with Crippen molar-refractivity contribution in [1.29, 1.82) is 0 Å². The molecule has 0 saturated carbocycles. The van der Waals surface area contributed by atoms with E-state index < -0.39 is 0 Å². The molecule has 1 amide bonds. The lowest BCUT2D eigenvalue weighted by molar-refractivity contribution is -0.131. The summed E-state index contributed by atoms with van der Waals surface area (Å²) in [5.74, 6) is 0.941. The predicted molar refractivity (Wildman–Crippen MR) is 96.3 cm³/mol. The number of nitrogen functional groups attached to an aromatic ring is 1. The quantitative estimate of drug-likeness (QED) is 0.923. The Kier molecular flexibility index (Phi) is 6.04. The summed E-state index contributed by atoms with van der Waals surface area (Å²) in [4.78, 5) is 18.8. The fourth-order valence-corrected chi connectivity index (χ4v) is 3.03. The lowest BCUT2D eigenvalue weighted by Crippen LogP contribution is -2.32. The van der Waals surface area contributed by atoms with Crippen molar-refractivity contribution in [2.24, 2.45) is 0 Å². The van der Waals surface area contributed by atoms with Gasteiger partial charge in [-0.1, -0.05) is 12.1 Å². The Bertz CT molecular complexity index is 674. The van der Waals surface area contributed by atoms with Gasteiger partial charge in [0.15, 0.2) is 0 Å². The topological polar surface area (TPSA) is 68.5 Å². The Morgan fingerprint density at radius 2 is 2.04 bits per heavy atom. The highest BCUT2D eigenvalue weighted by Gasteiger charge is 2.29. The van der Waals surface area contributed by atoms with E-state index in [0.29, 0.717) is 12.1 Å². The Morgan fingerprint density at radius 3 is 2.67 bits per heavy atom. The molecule has 1 fully saturated rings. The Hall–Kier alpha value is -2.27. The van der Waals surface area contributed by atoms with Crippen LogP contribution in [0.15, 0.2) is 42.6 Å². The van der Waals surface area contributed by atoms with Gasteiger partial charge in [-0.2, -0.15) is 0 Å². The van der Waals surface area contributed by atoms with Crippen LogP contribution in [0.2, 0.25) is 0 Å². The molecule has 1 unspecified atom stereocenters. The summed E-state index contributed by atoms with van der Waals surface area (Å²) in [6, 6.07) is 11.7. The first-order valence-corrected chi connectivity index (χ1v) is 7.81. The Morgan fingerprint density at radius 1 is 1.29 bits per heavy atom. The van der Waals surface area contributed by atoms with Gasteiger partial charge >= 0.3 is 0 Å². The largest absolute Gasteiger partial charge is 0.497 e. The molecule has 2 N–H and O–H groups in total. The molecule has 1 aromatic carbocycles. The minimum Gasteiger partial charge on any atom is -0.497 e. The third-order valence-corrected chi connectivity index (χ3v) is 4.25. The van der Waals surface area contributed by atoms with Gasteiger partial charge in [-0.25, -0.2) is 0 Å². The van der Waals surface area contributed by atoms with Crippen LogP contribution in [0.4, 0.5) is 5.69 Å². The molecule has 128 valence electrons. The number of pyridine rings is 1. The summed E-state index contributed by atoms with van der Waals surface area (Å²) in [6.07, 6.45) is 3.92. The first kappa shape index (κ1) is 18.1. The molecule has 1 atom stereocenters. The van der Waals surface area contributed by atoms with Gasteiger partial charge in [0.25, 0.3) is 0 Å². The van der Waals surface area contributed by atoms with Crippen molar-refractivity contribution >= 4 is 24.0 Å². The summed E-state index contributed by atoms with van der Waals surface area (Å²) >= 11 is 0. The number of likely N-dealkylation sites (tertiary alicyclic amines) is 1. The van der Waals surface area contributed by atoms with Crippen LogP contribution >= 0.6 is 12.4 Å². The molecule has 2 aromatic rings. The smallest absolute Gasteiger partial charge is 0.229 e. The Balaban J connectivity index is 0.00000208. The van der Waals surface area contributed by atoms with Gasteiger partial charge in [-0.3, -0.25) is 9.78 Å². The van der Waals surface area contributed by atoms with Gasteiger partial charge in [0.05, 0.1) is 31.5 Å². The van der Waals surface area contributed by atoms with Gasteiger partial charge in [0, 0.05) is 12.2 Å². The van der Waals surface area contributed by atoms with Crippen LogP contribution in [0.3, 0.4) is 0 Å². The van der Waals surface area contributed by atoms with Crippen LogP contribution in [0.25, 0.3) is 0 Å². The average molecular weight is 348 g/mol. The summed E-state index contributed by atoms with van der Waals surface area (Å²) < 4.78 is 5.20. The normalized spacial score (nSPS) is 16.5. The van der Waals surface area contributed by atoms with Gasteiger partial charge in [0.2, 0.25) is 5.91 Å². The maximum absolute atomic E-state index is 12.6. The summed E-state index contributed by atoms with van der Waals surface area (Å²) in [5.41, 5.74) is 8.15. The standard InChI is InChI=1S/C18H21N3O2.ClH/c1-23-16-8-4-13(5-9-16)17-3-2-10-21(17)18(22)11-15-7-6-14(19)12-20-15;/h4-9,12,17H,2-3,10-11,19H2,1H3;1H. The third kappa shape index (κ3) is 3.97. The van der Waals surface area contributed by atoms with Crippen LogP contribution in [0.5, 0.6) is 5.75 Å². The van der Waals surface area contributed by atoms with E-state index in [4.69, 9.17) is 10.5 Å². The second-order valence-corrected chi connectivity index (χ2v) is 5.78. The first-order chi connectivity index (χ1) is 11.2. The zero-order chi connectivity index (χ0) is 16.2. The van der Waals surface area contributed by atoms with E-state index in [-0.39, 0.29) is 24.4 Å². The number of carbonyl (C=O) groups excluding carboxylic acids is 1. The number of ether oxygens (including phenoxy) is 1. The number of halogens is 1. The number of nitrogens with zero attached hydrogens (tertiary/aromatic N) is 2. The van der Waals surface area contributed by atoms with Crippen molar-refractivity contribution in [3.63, 3.8) is 0 Å². The highest BCUT2D eigenvalue weighted by atomic mass is 35.5. The predicted octanol–water partition coefficient (Wildman–Crippen LogP) is 3.00. The molecule has 0 spiro atoms. The third-order valence-electron chi connectivity index (χ3n) is 4.25. The molecule has 0 bridgehead atoms. The van der Waals surface area contributed by atoms with Gasteiger partial charge < -0.3 is 15.4 Å². The molecule has 1 aliphatic heterocycles. The van der Waals surface area contributed by atoms with Crippen LogP contribution in [-0.4, -0.2) is 29.4 Å². The van der Waals surface area contributed by atoms with Gasteiger partial charge in [-0.05, 0) is 42.7 Å². The first-order valence-electron chi connectivity index (χ1n) is 7.81. The zero-order valence-electron chi connectivity index (χ0n) is 13.6. The number of rotatable bonds is 4. The highest BCUT2D eigenvalue weighted by Crippen LogP contribution is 2.33. The number of anilines is 1. The summed E-state index contributed by atoms with van der Waals surface area (Å²) in [6.45, 7) is 0.796. The van der Waals surface area contributed by atoms with Crippen LogP contribution in [0, 0.1) is 0 Å². The molecule has 0 aliphatic carbocycles. The molecule has 1 saturated heterocycles. The molecule has 5 nitrogen and oxygen atoms in total. The summed E-state index contributed by atoms with van der Waals surface area (Å²) in [7, 11) is 1.65. The maximum atomic E-state index is 12.6. The van der Waals surface area contributed by atoms with Crippen molar-refractivity contribution in [3.8, 4) is 5.75 Å². The number of carbonyl (C=O) groups is 1. The average Bonchev–Trinajstić information content (AvgIpc) is 3.07. The molecular formula is C18H22ClN3O2. The number of aromatic nitrogens is 1. The van der Waals surface area contributed by atoms with E-state index in [1.165, 1.54) is 0 Å². The fourth-order valence-electron chi connectivity index (χ4n) is 3.03. The van der Waals surface area contributed by atoms with Crippen molar-refractivity contribution in [3.05, 3.63) is 53.9 Å².